The number of aryl methyl sites for hydroxylation is 3. The standard InChI is InChI=1S/C17H19FO2/c1-11-7-8-14(13(3)9-11)15(19)10-20-16-6-4-5-12(2)17(16)18/h4-9,15,19H,10H2,1-3H3. The maximum Gasteiger partial charge on any atom is 0.167 e. The Labute approximate surface area is 118 Å². The van der Waals surface area contributed by atoms with Gasteiger partial charge in [-0.3, -0.25) is 0 Å². The topological polar surface area (TPSA) is 29.5 Å². The van der Waals surface area contributed by atoms with Crippen molar-refractivity contribution in [2.75, 3.05) is 6.61 Å². The van der Waals surface area contributed by atoms with Gasteiger partial charge in [-0.05, 0) is 43.5 Å². The van der Waals surface area contributed by atoms with E-state index >= 15 is 0 Å². The Morgan fingerprint density at radius 3 is 2.55 bits per heavy atom. The van der Waals surface area contributed by atoms with Crippen molar-refractivity contribution < 1.29 is 14.2 Å². The Balaban J connectivity index is 2.08. The number of aliphatic hydroxyl groups excluding tert-OH is 1. The first-order valence-corrected chi connectivity index (χ1v) is 6.62. The Bertz CT molecular complexity index is 608. The summed E-state index contributed by atoms with van der Waals surface area (Å²) in [5, 5.41) is 10.2. The molecule has 0 saturated heterocycles. The number of ether oxygens (including phenoxy) is 1. The molecular weight excluding hydrogens is 255 g/mol. The van der Waals surface area contributed by atoms with Crippen LogP contribution in [0.25, 0.3) is 0 Å². The zero-order valence-corrected chi connectivity index (χ0v) is 12.0. The summed E-state index contributed by atoms with van der Waals surface area (Å²) in [4.78, 5) is 0. The van der Waals surface area contributed by atoms with Crippen molar-refractivity contribution in [2.24, 2.45) is 0 Å². The molecule has 3 heteroatoms. The molecule has 20 heavy (non-hydrogen) atoms. The highest BCUT2D eigenvalue weighted by molar-refractivity contribution is 5.33. The maximum absolute atomic E-state index is 13.8. The first-order valence-electron chi connectivity index (χ1n) is 6.62. The normalized spacial score (nSPS) is 12.2. The molecular formula is C17H19FO2. The quantitative estimate of drug-likeness (QED) is 0.917. The first kappa shape index (κ1) is 14.5. The van der Waals surface area contributed by atoms with Gasteiger partial charge in [-0.15, -0.1) is 0 Å². The molecule has 0 fully saturated rings. The van der Waals surface area contributed by atoms with Crippen LogP contribution in [0.4, 0.5) is 4.39 Å². The lowest BCUT2D eigenvalue weighted by Crippen LogP contribution is -2.12. The maximum atomic E-state index is 13.8. The molecule has 0 radical (unpaired) electrons. The molecule has 0 aliphatic rings. The molecule has 2 aromatic rings. The largest absolute Gasteiger partial charge is 0.487 e. The molecule has 0 spiro atoms. The van der Waals surface area contributed by atoms with Gasteiger partial charge in [0.05, 0.1) is 0 Å². The summed E-state index contributed by atoms with van der Waals surface area (Å²) in [5.74, 6) is -0.200. The molecule has 1 atom stereocenters. The van der Waals surface area contributed by atoms with Gasteiger partial charge < -0.3 is 9.84 Å². The third-order valence-electron chi connectivity index (χ3n) is 3.34. The van der Waals surface area contributed by atoms with E-state index in [0.717, 1.165) is 16.7 Å². The van der Waals surface area contributed by atoms with E-state index in [0.29, 0.717) is 5.56 Å². The van der Waals surface area contributed by atoms with Crippen LogP contribution in [0.15, 0.2) is 36.4 Å². The zero-order chi connectivity index (χ0) is 14.7. The fourth-order valence-corrected chi connectivity index (χ4v) is 2.19. The van der Waals surface area contributed by atoms with Gasteiger partial charge in [-0.2, -0.15) is 0 Å². The highest BCUT2D eigenvalue weighted by atomic mass is 19.1. The summed E-state index contributed by atoms with van der Waals surface area (Å²) in [7, 11) is 0. The molecule has 0 aromatic heterocycles. The third-order valence-corrected chi connectivity index (χ3v) is 3.34. The van der Waals surface area contributed by atoms with Crippen LogP contribution < -0.4 is 4.74 Å². The molecule has 0 bridgehead atoms. The van der Waals surface area contributed by atoms with Crippen LogP contribution in [0.5, 0.6) is 5.75 Å². The SMILES string of the molecule is Cc1ccc(C(O)COc2cccc(C)c2F)c(C)c1. The molecule has 2 nitrogen and oxygen atoms in total. The lowest BCUT2D eigenvalue weighted by molar-refractivity contribution is 0.105. The Kier molecular flexibility index (Phi) is 4.40. The van der Waals surface area contributed by atoms with E-state index in [-0.39, 0.29) is 18.2 Å². The van der Waals surface area contributed by atoms with Crippen LogP contribution in [0.2, 0.25) is 0 Å². The van der Waals surface area contributed by atoms with Crippen molar-refractivity contribution in [3.05, 3.63) is 64.5 Å². The average Bonchev–Trinajstić information content (AvgIpc) is 2.40. The molecule has 0 aliphatic carbocycles. The zero-order valence-electron chi connectivity index (χ0n) is 12.0. The monoisotopic (exact) mass is 274 g/mol. The highest BCUT2D eigenvalue weighted by Gasteiger charge is 2.13. The summed E-state index contributed by atoms with van der Waals surface area (Å²) in [5.41, 5.74) is 3.49. The van der Waals surface area contributed by atoms with E-state index in [1.54, 1.807) is 25.1 Å². The third kappa shape index (κ3) is 3.17. The van der Waals surface area contributed by atoms with Crippen LogP contribution in [-0.4, -0.2) is 11.7 Å². The molecule has 1 unspecified atom stereocenters. The minimum Gasteiger partial charge on any atom is -0.487 e. The summed E-state index contributed by atoms with van der Waals surface area (Å²) in [6, 6.07) is 10.8. The van der Waals surface area contributed by atoms with Crippen LogP contribution in [0.3, 0.4) is 0 Å². The molecule has 2 aromatic carbocycles. The summed E-state index contributed by atoms with van der Waals surface area (Å²) < 4.78 is 19.2. The van der Waals surface area contributed by atoms with E-state index in [1.165, 1.54) is 0 Å². The van der Waals surface area contributed by atoms with Crippen molar-refractivity contribution in [1.29, 1.82) is 0 Å². The number of aliphatic hydroxyl groups is 1. The smallest absolute Gasteiger partial charge is 0.167 e. The van der Waals surface area contributed by atoms with Gasteiger partial charge in [0.25, 0.3) is 0 Å². The molecule has 0 heterocycles. The van der Waals surface area contributed by atoms with Gasteiger partial charge in [0.2, 0.25) is 0 Å². The van der Waals surface area contributed by atoms with Gasteiger partial charge in [0.1, 0.15) is 12.7 Å². The number of hydrogen-bond donors (Lipinski definition) is 1. The molecule has 0 saturated carbocycles. The van der Waals surface area contributed by atoms with Crippen molar-refractivity contribution in [3.63, 3.8) is 0 Å². The molecule has 2 rings (SSSR count). The number of hydrogen-bond acceptors (Lipinski definition) is 2. The Morgan fingerprint density at radius 1 is 1.10 bits per heavy atom. The number of halogens is 1. The Morgan fingerprint density at radius 2 is 1.85 bits per heavy atom. The van der Waals surface area contributed by atoms with E-state index in [4.69, 9.17) is 4.74 Å². The average molecular weight is 274 g/mol. The minimum absolute atomic E-state index is 0.0320. The lowest BCUT2D eigenvalue weighted by atomic mass is 10.0. The Hall–Kier alpha value is -1.87. The van der Waals surface area contributed by atoms with Crippen molar-refractivity contribution in [1.82, 2.24) is 0 Å². The summed E-state index contributed by atoms with van der Waals surface area (Å²) >= 11 is 0. The fraction of sp³-hybridized carbons (Fsp3) is 0.294. The van der Waals surface area contributed by atoms with Gasteiger partial charge in [0.15, 0.2) is 11.6 Å². The number of rotatable bonds is 4. The number of benzene rings is 2. The van der Waals surface area contributed by atoms with E-state index in [2.05, 4.69) is 0 Å². The van der Waals surface area contributed by atoms with E-state index in [1.807, 2.05) is 32.0 Å². The predicted octanol–water partition coefficient (Wildman–Crippen LogP) is 3.86. The van der Waals surface area contributed by atoms with Crippen LogP contribution >= 0.6 is 0 Å². The van der Waals surface area contributed by atoms with Crippen LogP contribution in [0, 0.1) is 26.6 Å². The molecule has 106 valence electrons. The van der Waals surface area contributed by atoms with Crippen LogP contribution in [0.1, 0.15) is 28.4 Å². The second-order valence-electron chi connectivity index (χ2n) is 5.07. The van der Waals surface area contributed by atoms with E-state index < -0.39 is 6.10 Å². The summed E-state index contributed by atoms with van der Waals surface area (Å²) in [6.45, 7) is 5.66. The van der Waals surface area contributed by atoms with Gasteiger partial charge in [-0.1, -0.05) is 35.9 Å². The van der Waals surface area contributed by atoms with Crippen molar-refractivity contribution >= 4 is 0 Å². The predicted molar refractivity (Wildman–Crippen MR) is 77.5 cm³/mol. The van der Waals surface area contributed by atoms with Gasteiger partial charge in [0, 0.05) is 0 Å². The van der Waals surface area contributed by atoms with Gasteiger partial charge >= 0.3 is 0 Å². The van der Waals surface area contributed by atoms with Gasteiger partial charge in [-0.25, -0.2) is 4.39 Å². The van der Waals surface area contributed by atoms with E-state index in [9.17, 15) is 9.50 Å². The molecule has 0 aliphatic heterocycles. The molecule has 1 N–H and O–H groups in total. The van der Waals surface area contributed by atoms with Crippen molar-refractivity contribution in [2.45, 2.75) is 26.9 Å². The summed E-state index contributed by atoms with van der Waals surface area (Å²) in [6.07, 6.45) is -0.768. The lowest BCUT2D eigenvalue weighted by Gasteiger charge is -2.16. The van der Waals surface area contributed by atoms with Crippen LogP contribution in [-0.2, 0) is 0 Å². The second-order valence-corrected chi connectivity index (χ2v) is 5.07. The highest BCUT2D eigenvalue weighted by Crippen LogP contribution is 2.23. The molecule has 0 amide bonds. The second kappa shape index (κ2) is 6.06. The minimum atomic E-state index is -0.768. The van der Waals surface area contributed by atoms with Crippen molar-refractivity contribution in [3.8, 4) is 5.75 Å². The first-order chi connectivity index (χ1) is 9.49. The fourth-order valence-electron chi connectivity index (χ4n) is 2.19.